The Kier molecular flexibility index (Phi) is 5.37. The van der Waals surface area contributed by atoms with Crippen molar-refractivity contribution >= 4 is 22.9 Å². The van der Waals surface area contributed by atoms with Crippen LogP contribution in [0.25, 0.3) is 16.9 Å². The van der Waals surface area contributed by atoms with Crippen LogP contribution in [0.15, 0.2) is 48.9 Å². The van der Waals surface area contributed by atoms with Crippen LogP contribution in [-0.2, 0) is 0 Å². The van der Waals surface area contributed by atoms with Crippen LogP contribution in [0.5, 0.6) is 0 Å². The molecular formula is C25H23F2N7O. The Bertz CT molecular complexity index is 1440. The third-order valence-corrected chi connectivity index (χ3v) is 6.70. The van der Waals surface area contributed by atoms with Crippen LogP contribution < -0.4 is 10.6 Å². The lowest BCUT2D eigenvalue weighted by molar-refractivity contribution is 0.102. The maximum absolute atomic E-state index is 15.3. The molecule has 4 aromatic rings. The van der Waals surface area contributed by atoms with Crippen LogP contribution in [0.1, 0.15) is 53.2 Å². The van der Waals surface area contributed by atoms with Gasteiger partial charge in [-0.2, -0.15) is 10.2 Å². The van der Waals surface area contributed by atoms with Crippen molar-refractivity contribution in [2.45, 2.75) is 31.6 Å². The summed E-state index contributed by atoms with van der Waals surface area (Å²) in [6, 6.07) is 6.11. The number of carbonyl (C=O) groups excluding carboxylic acids is 1. The van der Waals surface area contributed by atoms with E-state index in [-0.39, 0.29) is 23.0 Å². The lowest BCUT2D eigenvalue weighted by Crippen LogP contribution is -2.20. The van der Waals surface area contributed by atoms with E-state index < -0.39 is 17.5 Å². The molecule has 1 amide bonds. The van der Waals surface area contributed by atoms with Crippen molar-refractivity contribution in [3.05, 3.63) is 77.4 Å². The quantitative estimate of drug-likeness (QED) is 0.454. The summed E-state index contributed by atoms with van der Waals surface area (Å²) in [5, 5.41) is 14.7. The fourth-order valence-electron chi connectivity index (χ4n) is 4.59. The molecule has 0 radical (unpaired) electrons. The van der Waals surface area contributed by atoms with E-state index in [1.165, 1.54) is 22.8 Å². The highest BCUT2D eigenvalue weighted by atomic mass is 19.1. The number of rotatable bonds is 5. The molecule has 0 unspecified atom stereocenters. The van der Waals surface area contributed by atoms with Gasteiger partial charge in [0.25, 0.3) is 5.91 Å². The number of nitrogens with one attached hydrogen (secondary N) is 2. The van der Waals surface area contributed by atoms with Crippen LogP contribution in [-0.4, -0.2) is 43.4 Å². The van der Waals surface area contributed by atoms with Crippen molar-refractivity contribution in [2.75, 3.05) is 18.4 Å². The zero-order valence-electron chi connectivity index (χ0n) is 18.8. The van der Waals surface area contributed by atoms with Gasteiger partial charge in [0, 0.05) is 25.0 Å². The predicted molar refractivity (Wildman–Crippen MR) is 126 cm³/mol. The summed E-state index contributed by atoms with van der Waals surface area (Å²) in [4.78, 5) is 17.4. The molecule has 2 aliphatic rings. The van der Waals surface area contributed by atoms with Gasteiger partial charge in [-0.05, 0) is 61.1 Å². The van der Waals surface area contributed by atoms with Gasteiger partial charge in [-0.3, -0.25) is 4.79 Å². The van der Waals surface area contributed by atoms with E-state index in [4.69, 9.17) is 0 Å². The Morgan fingerprint density at radius 3 is 2.71 bits per heavy atom. The summed E-state index contributed by atoms with van der Waals surface area (Å²) in [7, 11) is 0. The van der Waals surface area contributed by atoms with Gasteiger partial charge < -0.3 is 10.6 Å². The number of carbonyl (C=O) groups is 1. The molecule has 35 heavy (non-hydrogen) atoms. The van der Waals surface area contributed by atoms with Gasteiger partial charge >= 0.3 is 0 Å². The molecular weight excluding hydrogens is 452 g/mol. The van der Waals surface area contributed by atoms with Crippen molar-refractivity contribution in [3.63, 3.8) is 0 Å². The second-order valence-electron chi connectivity index (χ2n) is 8.87. The summed E-state index contributed by atoms with van der Waals surface area (Å²) >= 11 is 0. The van der Waals surface area contributed by atoms with Crippen molar-refractivity contribution in [3.8, 4) is 5.69 Å². The van der Waals surface area contributed by atoms with Crippen molar-refractivity contribution in [1.29, 1.82) is 0 Å². The highest BCUT2D eigenvalue weighted by Gasteiger charge is 2.26. The largest absolute Gasteiger partial charge is 0.313 e. The summed E-state index contributed by atoms with van der Waals surface area (Å²) in [5.41, 5.74) is 2.46. The predicted octanol–water partition coefficient (Wildman–Crippen LogP) is 4.09. The first kappa shape index (κ1) is 21.6. The number of nitrogens with zero attached hydrogens (tertiary/aromatic N) is 5. The number of halogens is 2. The van der Waals surface area contributed by atoms with Crippen molar-refractivity contribution in [1.82, 2.24) is 29.7 Å². The van der Waals surface area contributed by atoms with Gasteiger partial charge in [-0.25, -0.2) is 23.0 Å². The Morgan fingerprint density at radius 1 is 1.17 bits per heavy atom. The minimum atomic E-state index is -0.714. The molecule has 2 N–H and O–H groups in total. The molecule has 6 rings (SSSR count). The summed E-state index contributed by atoms with van der Waals surface area (Å²) in [6.45, 7) is 1.45. The Hall–Kier alpha value is -3.92. The van der Waals surface area contributed by atoms with Gasteiger partial charge in [-0.1, -0.05) is 12.5 Å². The normalized spacial score (nSPS) is 16.2. The smallest absolute Gasteiger partial charge is 0.262 e. The number of amides is 1. The highest BCUT2D eigenvalue weighted by Crippen LogP contribution is 2.38. The lowest BCUT2D eigenvalue weighted by atomic mass is 9.80. The average molecular weight is 476 g/mol. The molecule has 4 heterocycles. The second-order valence-corrected chi connectivity index (χ2v) is 8.87. The first-order chi connectivity index (χ1) is 17.1. The molecule has 0 saturated heterocycles. The van der Waals surface area contributed by atoms with Crippen LogP contribution in [0.4, 0.5) is 14.6 Å². The van der Waals surface area contributed by atoms with E-state index >= 15 is 8.78 Å². The molecule has 10 heteroatoms. The van der Waals surface area contributed by atoms with E-state index in [0.717, 1.165) is 36.1 Å². The first-order valence-electron chi connectivity index (χ1n) is 11.7. The number of benzene rings is 1. The molecule has 0 bridgehead atoms. The average Bonchev–Trinajstić information content (AvgIpc) is 3.43. The van der Waals surface area contributed by atoms with Gasteiger partial charge in [0.15, 0.2) is 17.3 Å². The number of anilines is 1. The Balaban J connectivity index is 1.42. The minimum absolute atomic E-state index is 0.161. The SMILES string of the molecule is O=C(Nc1cc(C2=CCNCC2)nn1-c1c(F)cc(C2CCC2)cc1F)c1cnn2cccnc12. The lowest BCUT2D eigenvalue weighted by Gasteiger charge is -2.26. The topological polar surface area (TPSA) is 89.1 Å². The summed E-state index contributed by atoms with van der Waals surface area (Å²) in [5.74, 6) is -1.59. The summed E-state index contributed by atoms with van der Waals surface area (Å²) in [6.07, 6.45) is 10.3. The minimum Gasteiger partial charge on any atom is -0.313 e. The number of hydrogen-bond donors (Lipinski definition) is 2. The number of aromatic nitrogens is 5. The highest BCUT2D eigenvalue weighted by molar-refractivity contribution is 6.08. The fraction of sp³-hybridized carbons (Fsp3) is 0.280. The van der Waals surface area contributed by atoms with Crippen LogP contribution in [0.2, 0.25) is 0 Å². The van der Waals surface area contributed by atoms with Crippen LogP contribution >= 0.6 is 0 Å². The molecule has 0 atom stereocenters. The van der Waals surface area contributed by atoms with Crippen molar-refractivity contribution < 1.29 is 13.6 Å². The molecule has 1 aliphatic heterocycles. The van der Waals surface area contributed by atoms with Crippen LogP contribution in [0.3, 0.4) is 0 Å². The van der Waals surface area contributed by atoms with Crippen LogP contribution in [0, 0.1) is 11.6 Å². The maximum Gasteiger partial charge on any atom is 0.262 e. The van der Waals surface area contributed by atoms with Crippen molar-refractivity contribution in [2.24, 2.45) is 0 Å². The van der Waals surface area contributed by atoms with E-state index in [1.54, 1.807) is 24.5 Å². The molecule has 1 saturated carbocycles. The summed E-state index contributed by atoms with van der Waals surface area (Å²) < 4.78 is 33.2. The Labute approximate surface area is 199 Å². The number of hydrogen-bond acceptors (Lipinski definition) is 5. The number of fused-ring (bicyclic) bond motifs is 1. The fourth-order valence-corrected chi connectivity index (χ4v) is 4.59. The third kappa shape index (κ3) is 3.89. The van der Waals surface area contributed by atoms with Gasteiger partial charge in [0.1, 0.15) is 17.1 Å². The maximum atomic E-state index is 15.3. The van der Waals surface area contributed by atoms with E-state index in [0.29, 0.717) is 29.9 Å². The van der Waals surface area contributed by atoms with Gasteiger partial charge in [-0.15, -0.1) is 0 Å². The third-order valence-electron chi connectivity index (χ3n) is 6.70. The zero-order valence-corrected chi connectivity index (χ0v) is 18.8. The first-order valence-corrected chi connectivity index (χ1v) is 11.7. The molecule has 3 aromatic heterocycles. The van der Waals surface area contributed by atoms with E-state index in [1.807, 2.05) is 6.08 Å². The molecule has 1 aromatic carbocycles. The zero-order chi connectivity index (χ0) is 23.9. The molecule has 1 aliphatic carbocycles. The molecule has 1 fully saturated rings. The Morgan fingerprint density at radius 2 is 2.00 bits per heavy atom. The van der Waals surface area contributed by atoms with E-state index in [9.17, 15) is 4.79 Å². The monoisotopic (exact) mass is 475 g/mol. The standard InChI is InChI=1S/C25H23F2N7O/c26-19-11-17(15-3-1-4-15)12-20(27)23(19)34-22(13-21(32-34)16-5-8-28-9-6-16)31-25(35)18-14-30-33-10-2-7-29-24(18)33/h2,5,7,10-15,28H,1,3-4,6,8-9H2,(H,31,35). The molecule has 178 valence electrons. The van der Waals surface area contributed by atoms with E-state index in [2.05, 4.69) is 25.8 Å². The van der Waals surface area contributed by atoms with Gasteiger partial charge in [0.2, 0.25) is 0 Å². The molecule has 8 nitrogen and oxygen atoms in total. The van der Waals surface area contributed by atoms with Gasteiger partial charge in [0.05, 0.1) is 11.9 Å². The molecule has 0 spiro atoms. The second kappa shape index (κ2) is 8.70.